The molecule has 0 atom stereocenters. The number of fused-ring (bicyclic) bond motifs is 1. The van der Waals surface area contributed by atoms with Crippen LogP contribution in [0.25, 0.3) is 11.0 Å². The first-order valence-corrected chi connectivity index (χ1v) is 5.80. The number of nitrogens with one attached hydrogen (secondary N) is 1. The van der Waals surface area contributed by atoms with Gasteiger partial charge in [0, 0.05) is 6.54 Å². The Morgan fingerprint density at radius 3 is 2.74 bits per heavy atom. The van der Waals surface area contributed by atoms with Crippen LogP contribution in [0.2, 0.25) is 0 Å². The Morgan fingerprint density at radius 1 is 1.32 bits per heavy atom. The molecule has 0 aliphatic heterocycles. The van der Waals surface area contributed by atoms with Crippen LogP contribution in [0.4, 0.5) is 17.6 Å². The normalized spacial score (nSPS) is 12.2. The lowest BCUT2D eigenvalue weighted by atomic mass is 10.3. The molecule has 0 bridgehead atoms. The summed E-state index contributed by atoms with van der Waals surface area (Å²) in [5.74, 6) is -0.438. The summed E-state index contributed by atoms with van der Waals surface area (Å²) in [6, 6.07) is 4.07. The molecule has 1 aromatic carbocycles. The van der Waals surface area contributed by atoms with Gasteiger partial charge in [0.15, 0.2) is 4.77 Å². The largest absolute Gasteiger partial charge is 0.411 e. The predicted octanol–water partition coefficient (Wildman–Crippen LogP) is 3.42. The van der Waals surface area contributed by atoms with E-state index >= 15 is 0 Å². The summed E-state index contributed by atoms with van der Waals surface area (Å²) in [6.45, 7) is -1.34. The summed E-state index contributed by atoms with van der Waals surface area (Å²) in [6.07, 6.45) is -4.35. The van der Waals surface area contributed by atoms with Crippen LogP contribution in [0.15, 0.2) is 18.2 Å². The second-order valence-corrected chi connectivity index (χ2v) is 4.30. The highest BCUT2D eigenvalue weighted by atomic mass is 32.1. The van der Waals surface area contributed by atoms with Crippen LogP contribution < -0.4 is 0 Å². The lowest BCUT2D eigenvalue weighted by Crippen LogP contribution is -2.19. The van der Waals surface area contributed by atoms with Crippen LogP contribution in [-0.2, 0) is 11.3 Å². The van der Waals surface area contributed by atoms with Crippen molar-refractivity contribution in [2.45, 2.75) is 12.7 Å². The number of rotatable bonds is 4. The molecule has 0 radical (unpaired) electrons. The zero-order valence-corrected chi connectivity index (χ0v) is 10.4. The van der Waals surface area contributed by atoms with Gasteiger partial charge in [-0.15, -0.1) is 0 Å². The second kappa shape index (κ2) is 5.30. The number of benzene rings is 1. The average Bonchev–Trinajstić information content (AvgIpc) is 2.59. The first-order chi connectivity index (χ1) is 8.87. The Bertz CT molecular complexity index is 632. The van der Waals surface area contributed by atoms with Gasteiger partial charge in [0.2, 0.25) is 0 Å². The summed E-state index contributed by atoms with van der Waals surface area (Å²) in [7, 11) is 0. The smallest absolute Gasteiger partial charge is 0.370 e. The van der Waals surface area contributed by atoms with Crippen LogP contribution >= 0.6 is 12.2 Å². The molecule has 0 aliphatic carbocycles. The number of nitrogens with zero attached hydrogens (tertiary/aromatic N) is 1. The van der Waals surface area contributed by atoms with Crippen molar-refractivity contribution in [2.24, 2.45) is 0 Å². The number of alkyl halides is 3. The number of ether oxygens (including phenoxy) is 1. The Labute approximate surface area is 110 Å². The van der Waals surface area contributed by atoms with Crippen LogP contribution in [0.1, 0.15) is 0 Å². The third-order valence-corrected chi connectivity index (χ3v) is 2.78. The number of aromatic nitrogens is 2. The molecule has 0 saturated carbocycles. The van der Waals surface area contributed by atoms with Crippen molar-refractivity contribution in [2.75, 3.05) is 13.2 Å². The molecular formula is C11H10F4N2OS. The molecule has 104 valence electrons. The summed E-state index contributed by atoms with van der Waals surface area (Å²) < 4.78 is 55.2. The minimum atomic E-state index is -4.35. The van der Waals surface area contributed by atoms with Gasteiger partial charge in [0.1, 0.15) is 12.4 Å². The fourth-order valence-corrected chi connectivity index (χ4v) is 1.99. The molecule has 19 heavy (non-hydrogen) atoms. The van der Waals surface area contributed by atoms with Crippen molar-refractivity contribution in [3.8, 4) is 0 Å². The predicted molar refractivity (Wildman–Crippen MR) is 64.0 cm³/mol. The summed E-state index contributed by atoms with van der Waals surface area (Å²) in [5.41, 5.74) is 1.13. The topological polar surface area (TPSA) is 29.9 Å². The Balaban J connectivity index is 2.10. The molecule has 0 amide bonds. The number of aromatic amines is 1. The third kappa shape index (κ3) is 3.54. The lowest BCUT2D eigenvalue weighted by Gasteiger charge is -2.08. The van der Waals surface area contributed by atoms with Crippen molar-refractivity contribution < 1.29 is 22.3 Å². The van der Waals surface area contributed by atoms with Gasteiger partial charge in [-0.25, -0.2) is 4.39 Å². The zero-order chi connectivity index (χ0) is 14.0. The molecule has 1 heterocycles. The van der Waals surface area contributed by atoms with E-state index in [0.717, 1.165) is 0 Å². The van der Waals surface area contributed by atoms with Gasteiger partial charge in [0.25, 0.3) is 0 Å². The molecule has 2 aromatic rings. The highest BCUT2D eigenvalue weighted by Gasteiger charge is 2.27. The van der Waals surface area contributed by atoms with Crippen molar-refractivity contribution in [1.29, 1.82) is 0 Å². The van der Waals surface area contributed by atoms with Gasteiger partial charge in [-0.3, -0.25) is 0 Å². The summed E-state index contributed by atoms with van der Waals surface area (Å²) in [4.78, 5) is 2.84. The number of H-pyrrole nitrogens is 1. The van der Waals surface area contributed by atoms with E-state index in [-0.39, 0.29) is 13.2 Å². The maximum Gasteiger partial charge on any atom is 0.411 e. The second-order valence-electron chi connectivity index (χ2n) is 3.91. The molecular weight excluding hydrogens is 284 g/mol. The number of hydrogen-bond donors (Lipinski definition) is 1. The van der Waals surface area contributed by atoms with Crippen LogP contribution in [-0.4, -0.2) is 28.9 Å². The summed E-state index contributed by atoms with van der Waals surface area (Å²) in [5, 5.41) is 0. The Morgan fingerprint density at radius 2 is 2.05 bits per heavy atom. The van der Waals surface area contributed by atoms with Gasteiger partial charge in [-0.1, -0.05) is 0 Å². The maximum absolute atomic E-state index is 13.1. The summed E-state index contributed by atoms with van der Waals surface area (Å²) >= 11 is 5.03. The zero-order valence-electron chi connectivity index (χ0n) is 9.63. The standard InChI is InChI=1S/C11H10F4N2OS/c12-7-1-2-8-9(5-7)17(10(19)16-8)3-4-18-6-11(13,14)15/h1-2,5H,3-4,6H2,(H,16,19). The number of hydrogen-bond acceptors (Lipinski definition) is 2. The van der Waals surface area contributed by atoms with Crippen molar-refractivity contribution in [3.63, 3.8) is 0 Å². The number of imidazole rings is 1. The molecule has 0 spiro atoms. The third-order valence-electron chi connectivity index (χ3n) is 2.46. The van der Waals surface area contributed by atoms with E-state index in [1.54, 1.807) is 0 Å². The number of halogens is 4. The molecule has 2 rings (SSSR count). The molecule has 0 unspecified atom stereocenters. The minimum Gasteiger partial charge on any atom is -0.370 e. The molecule has 1 aromatic heterocycles. The van der Waals surface area contributed by atoms with Gasteiger partial charge in [0.05, 0.1) is 17.6 Å². The first-order valence-electron chi connectivity index (χ1n) is 5.39. The van der Waals surface area contributed by atoms with Gasteiger partial charge >= 0.3 is 6.18 Å². The average molecular weight is 294 g/mol. The fourth-order valence-electron chi connectivity index (χ4n) is 1.69. The molecule has 1 N–H and O–H groups in total. The SMILES string of the molecule is Fc1ccc2[nH]c(=S)n(CCOCC(F)(F)F)c2c1. The Hall–Kier alpha value is -1.41. The maximum atomic E-state index is 13.1. The highest BCUT2D eigenvalue weighted by Crippen LogP contribution is 2.17. The van der Waals surface area contributed by atoms with Crippen molar-refractivity contribution in [1.82, 2.24) is 9.55 Å². The van der Waals surface area contributed by atoms with Crippen molar-refractivity contribution >= 4 is 23.3 Å². The molecule has 0 fully saturated rings. The molecule has 0 saturated heterocycles. The minimum absolute atomic E-state index is 0.123. The van der Waals surface area contributed by atoms with Crippen LogP contribution in [0.3, 0.4) is 0 Å². The van der Waals surface area contributed by atoms with Crippen LogP contribution in [0.5, 0.6) is 0 Å². The molecule has 3 nitrogen and oxygen atoms in total. The Kier molecular flexibility index (Phi) is 3.91. The van der Waals surface area contributed by atoms with E-state index in [2.05, 4.69) is 9.72 Å². The van der Waals surface area contributed by atoms with Crippen LogP contribution in [0, 0.1) is 10.6 Å². The van der Waals surface area contributed by atoms with E-state index in [1.807, 2.05) is 0 Å². The monoisotopic (exact) mass is 294 g/mol. The lowest BCUT2D eigenvalue weighted by molar-refractivity contribution is -0.174. The van der Waals surface area contributed by atoms with E-state index in [9.17, 15) is 17.6 Å². The highest BCUT2D eigenvalue weighted by molar-refractivity contribution is 7.71. The first kappa shape index (κ1) is 14.0. The van der Waals surface area contributed by atoms with E-state index in [0.29, 0.717) is 15.8 Å². The van der Waals surface area contributed by atoms with Gasteiger partial charge in [-0.2, -0.15) is 13.2 Å². The fraction of sp³-hybridized carbons (Fsp3) is 0.364. The van der Waals surface area contributed by atoms with E-state index in [1.165, 1.54) is 22.8 Å². The quantitative estimate of drug-likeness (QED) is 0.532. The molecule has 8 heteroatoms. The molecule has 0 aliphatic rings. The van der Waals surface area contributed by atoms with E-state index < -0.39 is 18.6 Å². The van der Waals surface area contributed by atoms with Crippen molar-refractivity contribution in [3.05, 3.63) is 28.8 Å². The van der Waals surface area contributed by atoms with Gasteiger partial charge < -0.3 is 14.3 Å². The van der Waals surface area contributed by atoms with E-state index in [4.69, 9.17) is 12.2 Å². The van der Waals surface area contributed by atoms with Gasteiger partial charge in [-0.05, 0) is 30.4 Å².